The predicted molar refractivity (Wildman–Crippen MR) is 134 cm³/mol. The fraction of sp³-hybridized carbons (Fsp3) is 0.276. The molecule has 0 spiro atoms. The first-order chi connectivity index (χ1) is 15.0. The number of hydrazone groups is 1. The lowest BCUT2D eigenvalue weighted by Gasteiger charge is -2.19. The van der Waals surface area contributed by atoms with E-state index in [9.17, 15) is 0 Å². The molecule has 3 aromatic rings. The molecule has 31 heavy (non-hydrogen) atoms. The van der Waals surface area contributed by atoms with Crippen LogP contribution in [0.3, 0.4) is 0 Å². The molecule has 2 heteroatoms. The molecule has 1 unspecified atom stereocenters. The fourth-order valence-corrected chi connectivity index (χ4v) is 4.63. The largest absolute Gasteiger partial charge is 0.278 e. The monoisotopic (exact) mass is 408 g/mol. The Morgan fingerprint density at radius 1 is 0.774 bits per heavy atom. The summed E-state index contributed by atoms with van der Waals surface area (Å²) in [6.07, 6.45) is 4.28. The average Bonchev–Trinajstić information content (AvgIpc) is 3.09. The van der Waals surface area contributed by atoms with Gasteiger partial charge in [0, 0.05) is 5.92 Å². The molecule has 0 radical (unpaired) electrons. The number of hydrogen-bond acceptors (Lipinski definition) is 2. The first-order valence-electron chi connectivity index (χ1n) is 11.2. The van der Waals surface area contributed by atoms with Crippen LogP contribution in [0.4, 0.5) is 5.69 Å². The van der Waals surface area contributed by atoms with Gasteiger partial charge in [-0.15, -0.1) is 0 Å². The second-order valence-corrected chi connectivity index (χ2v) is 9.07. The Hall–Kier alpha value is -3.13. The maximum absolute atomic E-state index is 4.72. The van der Waals surface area contributed by atoms with Gasteiger partial charge in [-0.25, -0.2) is 0 Å². The van der Waals surface area contributed by atoms with Gasteiger partial charge in [-0.2, -0.15) is 5.10 Å². The third kappa shape index (κ3) is 4.20. The fourth-order valence-electron chi connectivity index (χ4n) is 4.63. The lowest BCUT2D eigenvalue weighted by Crippen LogP contribution is -2.06. The van der Waals surface area contributed by atoms with Gasteiger partial charge in [0.05, 0.1) is 11.9 Å². The van der Waals surface area contributed by atoms with E-state index in [1.807, 2.05) is 6.21 Å². The zero-order valence-electron chi connectivity index (χ0n) is 19.2. The van der Waals surface area contributed by atoms with E-state index in [1.165, 1.54) is 33.4 Å². The second kappa shape index (κ2) is 8.93. The predicted octanol–water partition coefficient (Wildman–Crippen LogP) is 7.93. The van der Waals surface area contributed by atoms with E-state index in [2.05, 4.69) is 113 Å². The van der Waals surface area contributed by atoms with Crippen LogP contribution in [0.25, 0.3) is 6.08 Å². The van der Waals surface area contributed by atoms with Gasteiger partial charge in [-0.3, -0.25) is 5.43 Å². The first kappa shape index (κ1) is 21.1. The number of para-hydroxylation sites is 1. The van der Waals surface area contributed by atoms with E-state index in [1.54, 1.807) is 0 Å². The molecule has 1 aliphatic carbocycles. The topological polar surface area (TPSA) is 24.4 Å². The van der Waals surface area contributed by atoms with Gasteiger partial charge in [0.25, 0.3) is 0 Å². The van der Waals surface area contributed by atoms with Crippen LogP contribution in [0.2, 0.25) is 0 Å². The first-order valence-corrected chi connectivity index (χ1v) is 11.2. The standard InChI is InChI=1S/C29H32N2/c1-19(2)24-15-10-16-25(20(3)4)29(24)31-30-18-23-12-7-9-14-27(23)28-21(5)17-22-11-6-8-13-26(22)28/h6-20,28,31H,1-5H3. The summed E-state index contributed by atoms with van der Waals surface area (Å²) in [5.74, 6) is 1.16. The molecule has 0 saturated heterocycles. The Labute approximate surface area is 186 Å². The summed E-state index contributed by atoms with van der Waals surface area (Å²) in [4.78, 5) is 0. The summed E-state index contributed by atoms with van der Waals surface area (Å²) in [5.41, 5.74) is 13.7. The molecule has 0 heterocycles. The van der Waals surface area contributed by atoms with E-state index in [-0.39, 0.29) is 5.92 Å². The molecule has 3 aromatic carbocycles. The molecule has 2 nitrogen and oxygen atoms in total. The highest BCUT2D eigenvalue weighted by Crippen LogP contribution is 2.41. The molecular formula is C29H32N2. The number of rotatable bonds is 6. The van der Waals surface area contributed by atoms with Gasteiger partial charge in [-0.05, 0) is 52.1 Å². The average molecular weight is 409 g/mol. The second-order valence-electron chi connectivity index (χ2n) is 9.07. The van der Waals surface area contributed by atoms with E-state index in [0.29, 0.717) is 11.8 Å². The SMILES string of the molecule is CC1=Cc2ccccc2C1c1ccccc1C=NNc1c(C(C)C)cccc1C(C)C. The summed E-state index contributed by atoms with van der Waals surface area (Å²) in [6, 6.07) is 23.8. The minimum absolute atomic E-state index is 0.285. The number of nitrogens with one attached hydrogen (secondary N) is 1. The molecule has 1 atom stereocenters. The van der Waals surface area contributed by atoms with Gasteiger partial charge in [0.15, 0.2) is 0 Å². The van der Waals surface area contributed by atoms with Crippen LogP contribution in [0.1, 0.15) is 85.8 Å². The Morgan fingerprint density at radius 2 is 1.39 bits per heavy atom. The van der Waals surface area contributed by atoms with Crippen molar-refractivity contribution in [3.63, 3.8) is 0 Å². The van der Waals surface area contributed by atoms with Crippen molar-refractivity contribution < 1.29 is 0 Å². The lowest BCUT2D eigenvalue weighted by molar-refractivity contribution is 0.835. The van der Waals surface area contributed by atoms with Crippen LogP contribution in [-0.2, 0) is 0 Å². The number of hydrogen-bond donors (Lipinski definition) is 1. The van der Waals surface area contributed by atoms with Gasteiger partial charge in [-0.1, -0.05) is 106 Å². The number of fused-ring (bicyclic) bond motifs is 1. The van der Waals surface area contributed by atoms with Crippen molar-refractivity contribution in [3.8, 4) is 0 Å². The molecule has 0 amide bonds. The minimum Gasteiger partial charge on any atom is -0.278 e. The van der Waals surface area contributed by atoms with Crippen LogP contribution in [0, 0.1) is 0 Å². The molecule has 0 aromatic heterocycles. The molecular weight excluding hydrogens is 376 g/mol. The summed E-state index contributed by atoms with van der Waals surface area (Å²) in [7, 11) is 0. The third-order valence-corrected chi connectivity index (χ3v) is 6.21. The summed E-state index contributed by atoms with van der Waals surface area (Å²) in [5, 5.41) is 4.72. The highest BCUT2D eigenvalue weighted by Gasteiger charge is 2.25. The molecule has 0 fully saturated rings. The number of nitrogens with zero attached hydrogens (tertiary/aromatic N) is 1. The van der Waals surface area contributed by atoms with Gasteiger partial charge in [0.1, 0.15) is 0 Å². The third-order valence-electron chi connectivity index (χ3n) is 6.21. The van der Waals surface area contributed by atoms with Crippen molar-refractivity contribution in [2.45, 2.75) is 52.4 Å². The lowest BCUT2D eigenvalue weighted by atomic mass is 9.86. The van der Waals surface area contributed by atoms with Crippen molar-refractivity contribution in [2.75, 3.05) is 5.43 Å². The van der Waals surface area contributed by atoms with E-state index in [4.69, 9.17) is 5.10 Å². The van der Waals surface area contributed by atoms with Crippen molar-refractivity contribution in [2.24, 2.45) is 5.10 Å². The van der Waals surface area contributed by atoms with Crippen LogP contribution in [0.5, 0.6) is 0 Å². The smallest absolute Gasteiger partial charge is 0.0630 e. The molecule has 0 bridgehead atoms. The van der Waals surface area contributed by atoms with E-state index in [0.717, 1.165) is 11.3 Å². The van der Waals surface area contributed by atoms with Gasteiger partial charge in [0.2, 0.25) is 0 Å². The highest BCUT2D eigenvalue weighted by molar-refractivity contribution is 5.84. The minimum atomic E-state index is 0.285. The molecule has 4 rings (SSSR count). The zero-order valence-corrected chi connectivity index (χ0v) is 19.2. The van der Waals surface area contributed by atoms with Crippen LogP contribution in [0.15, 0.2) is 77.4 Å². The maximum atomic E-state index is 4.72. The summed E-state index contributed by atoms with van der Waals surface area (Å²) >= 11 is 0. The van der Waals surface area contributed by atoms with E-state index < -0.39 is 0 Å². The van der Waals surface area contributed by atoms with Gasteiger partial charge >= 0.3 is 0 Å². The van der Waals surface area contributed by atoms with Crippen LogP contribution >= 0.6 is 0 Å². The Morgan fingerprint density at radius 3 is 2.06 bits per heavy atom. The Bertz CT molecular complexity index is 1110. The molecule has 0 aliphatic heterocycles. The molecule has 158 valence electrons. The zero-order chi connectivity index (χ0) is 22.0. The molecule has 1 aliphatic rings. The number of anilines is 1. The highest BCUT2D eigenvalue weighted by atomic mass is 15.3. The Balaban J connectivity index is 1.67. The van der Waals surface area contributed by atoms with Crippen molar-refractivity contribution in [3.05, 3.63) is 106 Å². The van der Waals surface area contributed by atoms with Crippen molar-refractivity contribution >= 4 is 18.0 Å². The van der Waals surface area contributed by atoms with Gasteiger partial charge < -0.3 is 0 Å². The quantitative estimate of drug-likeness (QED) is 0.325. The summed E-state index contributed by atoms with van der Waals surface area (Å²) < 4.78 is 0. The number of benzene rings is 3. The summed E-state index contributed by atoms with van der Waals surface area (Å²) in [6.45, 7) is 11.2. The molecule has 0 saturated carbocycles. The van der Waals surface area contributed by atoms with Crippen LogP contribution in [-0.4, -0.2) is 6.21 Å². The van der Waals surface area contributed by atoms with Crippen molar-refractivity contribution in [1.82, 2.24) is 0 Å². The maximum Gasteiger partial charge on any atom is 0.0630 e. The van der Waals surface area contributed by atoms with E-state index >= 15 is 0 Å². The Kier molecular flexibility index (Phi) is 6.08. The normalized spacial score (nSPS) is 15.6. The van der Waals surface area contributed by atoms with Crippen molar-refractivity contribution in [1.29, 1.82) is 0 Å². The number of allylic oxidation sites excluding steroid dienone is 1. The molecule has 1 N–H and O–H groups in total. The van der Waals surface area contributed by atoms with Crippen LogP contribution < -0.4 is 5.43 Å².